The number of hydrogen-bond acceptors (Lipinski definition) is 4. The highest BCUT2D eigenvalue weighted by atomic mass is 16.5. The second-order valence-corrected chi connectivity index (χ2v) is 7.41. The number of Topliss-reactive ketones (excluding diaryl/α,β-unsaturated/α-hetero) is 1. The summed E-state index contributed by atoms with van der Waals surface area (Å²) < 4.78 is 5.65. The number of aryl methyl sites for hydroxylation is 1. The van der Waals surface area contributed by atoms with Crippen LogP contribution in [0.4, 0.5) is 5.69 Å². The molecular weight excluding hydrogens is 342 g/mol. The Kier molecular flexibility index (Phi) is 5.07. The maximum atomic E-state index is 13.1. The Labute approximate surface area is 159 Å². The van der Waals surface area contributed by atoms with Gasteiger partial charge in [0.2, 0.25) is 0 Å². The number of aliphatic hydroxyl groups is 1. The highest BCUT2D eigenvalue weighted by Gasteiger charge is 2.50. The van der Waals surface area contributed by atoms with Gasteiger partial charge in [-0.1, -0.05) is 30.3 Å². The van der Waals surface area contributed by atoms with Gasteiger partial charge in [-0.3, -0.25) is 9.59 Å². The molecule has 1 heterocycles. The first kappa shape index (κ1) is 19.1. The minimum Gasteiger partial charge on any atom is -0.491 e. The molecule has 0 bridgehead atoms. The summed E-state index contributed by atoms with van der Waals surface area (Å²) in [5.41, 5.74) is 1.20. The second kappa shape index (κ2) is 7.16. The molecule has 3 rings (SSSR count). The van der Waals surface area contributed by atoms with Crippen LogP contribution in [0.3, 0.4) is 0 Å². The van der Waals surface area contributed by atoms with Gasteiger partial charge >= 0.3 is 0 Å². The Morgan fingerprint density at radius 2 is 1.85 bits per heavy atom. The van der Waals surface area contributed by atoms with Crippen LogP contribution in [0, 0.1) is 6.92 Å². The third-order valence-corrected chi connectivity index (χ3v) is 4.69. The fraction of sp³-hybridized carbons (Fsp3) is 0.364. The molecule has 5 nitrogen and oxygen atoms in total. The van der Waals surface area contributed by atoms with Gasteiger partial charge in [-0.05, 0) is 51.0 Å². The van der Waals surface area contributed by atoms with Gasteiger partial charge in [0.15, 0.2) is 5.60 Å². The van der Waals surface area contributed by atoms with Crippen molar-refractivity contribution in [2.75, 3.05) is 4.90 Å². The van der Waals surface area contributed by atoms with Crippen molar-refractivity contribution in [1.29, 1.82) is 0 Å². The number of ether oxygens (including phenoxy) is 1. The number of carbonyl (C=O) groups excluding carboxylic acids is 2. The Hall–Kier alpha value is -2.66. The highest BCUT2D eigenvalue weighted by molar-refractivity contribution is 6.09. The smallest absolute Gasteiger partial charge is 0.264 e. The molecule has 0 unspecified atom stereocenters. The van der Waals surface area contributed by atoms with Crippen molar-refractivity contribution in [3.05, 3.63) is 59.2 Å². The molecule has 0 spiro atoms. The first-order valence-corrected chi connectivity index (χ1v) is 9.12. The van der Waals surface area contributed by atoms with E-state index < -0.39 is 11.5 Å². The highest BCUT2D eigenvalue weighted by Crippen LogP contribution is 2.44. The van der Waals surface area contributed by atoms with Crippen LogP contribution in [0.2, 0.25) is 0 Å². The molecule has 0 saturated carbocycles. The molecule has 2 aromatic rings. The summed E-state index contributed by atoms with van der Waals surface area (Å²) in [6.07, 6.45) is -0.132. The van der Waals surface area contributed by atoms with Gasteiger partial charge in [-0.25, -0.2) is 0 Å². The van der Waals surface area contributed by atoms with E-state index in [1.165, 1.54) is 6.92 Å². The van der Waals surface area contributed by atoms with Crippen LogP contribution in [-0.2, 0) is 21.7 Å². The van der Waals surface area contributed by atoms with Crippen molar-refractivity contribution < 1.29 is 19.4 Å². The molecule has 2 aromatic carbocycles. The Morgan fingerprint density at radius 3 is 2.44 bits per heavy atom. The van der Waals surface area contributed by atoms with Gasteiger partial charge < -0.3 is 14.7 Å². The number of ketones is 1. The van der Waals surface area contributed by atoms with Gasteiger partial charge in [0.1, 0.15) is 11.5 Å². The number of carbonyl (C=O) groups is 2. The fourth-order valence-corrected chi connectivity index (χ4v) is 3.60. The zero-order valence-electron chi connectivity index (χ0n) is 16.2. The standard InChI is InChI=1S/C22H25NO4/c1-14(2)27-18-10-8-17(9-11-18)13-23-20-15(3)6-5-7-19(20)22(26,21(23)25)12-16(4)24/h5-11,14,26H,12-13H2,1-4H3/t22-/m1/s1. The summed E-state index contributed by atoms with van der Waals surface area (Å²) in [6.45, 7) is 7.53. The van der Waals surface area contributed by atoms with Crippen LogP contribution in [0.15, 0.2) is 42.5 Å². The third kappa shape index (κ3) is 3.60. The van der Waals surface area contributed by atoms with E-state index in [0.29, 0.717) is 17.8 Å². The normalized spacial score (nSPS) is 18.7. The van der Waals surface area contributed by atoms with Crippen LogP contribution >= 0.6 is 0 Å². The lowest BCUT2D eigenvalue weighted by Gasteiger charge is -2.22. The van der Waals surface area contributed by atoms with E-state index in [0.717, 1.165) is 16.9 Å². The molecule has 1 aliphatic rings. The lowest BCUT2D eigenvalue weighted by Crippen LogP contribution is -2.41. The van der Waals surface area contributed by atoms with Crippen molar-refractivity contribution in [3.8, 4) is 5.75 Å². The summed E-state index contributed by atoms with van der Waals surface area (Å²) in [4.78, 5) is 26.4. The van der Waals surface area contributed by atoms with Gasteiger partial charge in [0.25, 0.3) is 5.91 Å². The minimum absolute atomic E-state index is 0.0899. The van der Waals surface area contributed by atoms with E-state index in [9.17, 15) is 14.7 Å². The second-order valence-electron chi connectivity index (χ2n) is 7.41. The van der Waals surface area contributed by atoms with Crippen molar-refractivity contribution in [2.24, 2.45) is 0 Å². The number of amides is 1. The molecule has 1 aliphatic heterocycles. The Bertz CT molecular complexity index is 872. The number of nitrogens with zero attached hydrogens (tertiary/aromatic N) is 1. The number of rotatable bonds is 6. The largest absolute Gasteiger partial charge is 0.491 e. The van der Waals surface area contributed by atoms with Crippen LogP contribution in [0.25, 0.3) is 0 Å². The number of anilines is 1. The van der Waals surface area contributed by atoms with Crippen molar-refractivity contribution >= 4 is 17.4 Å². The molecule has 0 aliphatic carbocycles. The topological polar surface area (TPSA) is 66.8 Å². The lowest BCUT2D eigenvalue weighted by atomic mass is 9.89. The Morgan fingerprint density at radius 1 is 1.19 bits per heavy atom. The summed E-state index contributed by atoms with van der Waals surface area (Å²) in [5, 5.41) is 11.1. The van der Waals surface area contributed by atoms with Crippen molar-refractivity contribution in [3.63, 3.8) is 0 Å². The van der Waals surface area contributed by atoms with E-state index in [2.05, 4.69) is 0 Å². The van der Waals surface area contributed by atoms with Crippen LogP contribution in [-0.4, -0.2) is 22.9 Å². The molecule has 0 radical (unpaired) electrons. The van der Waals surface area contributed by atoms with E-state index in [4.69, 9.17) is 4.74 Å². The average Bonchev–Trinajstić information content (AvgIpc) is 2.78. The summed E-state index contributed by atoms with van der Waals surface area (Å²) in [5.74, 6) is 0.0889. The summed E-state index contributed by atoms with van der Waals surface area (Å²) in [7, 11) is 0. The molecule has 5 heteroatoms. The van der Waals surface area contributed by atoms with E-state index in [1.54, 1.807) is 17.0 Å². The van der Waals surface area contributed by atoms with Gasteiger partial charge in [0, 0.05) is 12.0 Å². The monoisotopic (exact) mass is 367 g/mol. The molecular formula is C22H25NO4. The molecule has 0 aromatic heterocycles. The van der Waals surface area contributed by atoms with Crippen molar-refractivity contribution in [1.82, 2.24) is 0 Å². The molecule has 1 amide bonds. The lowest BCUT2D eigenvalue weighted by molar-refractivity contribution is -0.141. The Balaban J connectivity index is 1.94. The number of fused-ring (bicyclic) bond motifs is 1. The summed E-state index contributed by atoms with van der Waals surface area (Å²) >= 11 is 0. The fourth-order valence-electron chi connectivity index (χ4n) is 3.60. The molecule has 1 atom stereocenters. The molecule has 0 saturated heterocycles. The zero-order chi connectivity index (χ0) is 19.8. The van der Waals surface area contributed by atoms with E-state index in [-0.39, 0.29) is 18.3 Å². The van der Waals surface area contributed by atoms with Crippen LogP contribution in [0.1, 0.15) is 43.9 Å². The number of para-hydroxylation sites is 1. The number of hydrogen-bond donors (Lipinski definition) is 1. The zero-order valence-corrected chi connectivity index (χ0v) is 16.2. The van der Waals surface area contributed by atoms with Crippen molar-refractivity contribution in [2.45, 2.75) is 52.4 Å². The quantitative estimate of drug-likeness (QED) is 0.849. The average molecular weight is 367 g/mol. The molecule has 142 valence electrons. The first-order valence-electron chi connectivity index (χ1n) is 9.12. The summed E-state index contributed by atoms with van der Waals surface area (Å²) in [6, 6.07) is 13.0. The van der Waals surface area contributed by atoms with Crippen LogP contribution in [0.5, 0.6) is 5.75 Å². The minimum atomic E-state index is -1.80. The van der Waals surface area contributed by atoms with Gasteiger partial charge in [-0.15, -0.1) is 0 Å². The predicted molar refractivity (Wildman–Crippen MR) is 104 cm³/mol. The van der Waals surface area contributed by atoms with Gasteiger partial charge in [-0.2, -0.15) is 0 Å². The number of benzene rings is 2. The molecule has 1 N–H and O–H groups in total. The predicted octanol–water partition coefficient (Wildman–Crippen LogP) is 3.50. The first-order chi connectivity index (χ1) is 12.7. The van der Waals surface area contributed by atoms with Crippen LogP contribution < -0.4 is 9.64 Å². The van der Waals surface area contributed by atoms with Gasteiger partial charge in [0.05, 0.1) is 18.3 Å². The molecule has 0 fully saturated rings. The van der Waals surface area contributed by atoms with E-state index >= 15 is 0 Å². The third-order valence-electron chi connectivity index (χ3n) is 4.69. The maximum absolute atomic E-state index is 13.1. The SMILES string of the molecule is CC(=O)C[C@]1(O)C(=O)N(Cc2ccc(OC(C)C)cc2)c2c(C)cccc21. The van der Waals surface area contributed by atoms with E-state index in [1.807, 2.05) is 51.1 Å². The molecule has 27 heavy (non-hydrogen) atoms. The maximum Gasteiger partial charge on any atom is 0.264 e.